The van der Waals surface area contributed by atoms with Gasteiger partial charge in [-0.25, -0.2) is 0 Å². The average molecular weight is 458 g/mol. The number of carbonyl (C=O) groups excluding carboxylic acids is 1. The highest BCUT2D eigenvalue weighted by Crippen LogP contribution is 2.28. The van der Waals surface area contributed by atoms with E-state index in [1.165, 1.54) is 5.56 Å². The van der Waals surface area contributed by atoms with Gasteiger partial charge in [0.2, 0.25) is 5.91 Å². The zero-order valence-corrected chi connectivity index (χ0v) is 17.6. The maximum atomic E-state index is 11.6. The highest BCUT2D eigenvalue weighted by Gasteiger charge is 2.28. The number of halogens is 1. The molecule has 1 aliphatic rings. The zero-order chi connectivity index (χ0) is 17.2. The molecule has 1 unspecified atom stereocenters. The van der Waals surface area contributed by atoms with Crippen molar-refractivity contribution in [1.82, 2.24) is 16.0 Å². The van der Waals surface area contributed by atoms with Crippen LogP contribution in [-0.2, 0) is 11.2 Å². The molecule has 1 saturated carbocycles. The highest BCUT2D eigenvalue weighted by molar-refractivity contribution is 14.0. The molecule has 5 nitrogen and oxygen atoms in total. The Hall–Kier alpha value is -1.31. The molecular weight excluding hydrogens is 427 g/mol. The van der Waals surface area contributed by atoms with Gasteiger partial charge < -0.3 is 16.0 Å². The Kier molecular flexibility index (Phi) is 10.5. The smallest absolute Gasteiger partial charge is 0.223 e. The van der Waals surface area contributed by atoms with Crippen LogP contribution in [0.1, 0.15) is 38.7 Å². The van der Waals surface area contributed by atoms with Crippen molar-refractivity contribution in [3.05, 3.63) is 35.9 Å². The number of carbonyl (C=O) groups is 1. The standard InChI is InChI=1S/C19H30N4O.HI/c1-3-20-19(22-14-13-21-18(24)17-11-12-17)23-15(2)9-10-16-7-5-4-6-8-16;/h4-8,15,17H,3,9-14H2,1-2H3,(H,21,24)(H2,20,22,23);1H. The largest absolute Gasteiger partial charge is 0.357 e. The van der Waals surface area contributed by atoms with Crippen LogP contribution in [0, 0.1) is 5.92 Å². The third-order valence-corrected chi connectivity index (χ3v) is 4.07. The van der Waals surface area contributed by atoms with Crippen LogP contribution in [0.25, 0.3) is 0 Å². The molecular formula is C19H31IN4O. The molecule has 3 N–H and O–H groups in total. The summed E-state index contributed by atoms with van der Waals surface area (Å²) in [5.74, 6) is 1.26. The van der Waals surface area contributed by atoms with E-state index >= 15 is 0 Å². The third kappa shape index (κ3) is 9.09. The lowest BCUT2D eigenvalue weighted by atomic mass is 10.1. The molecule has 1 amide bonds. The lowest BCUT2D eigenvalue weighted by molar-refractivity contribution is -0.122. The van der Waals surface area contributed by atoms with Gasteiger partial charge in [0, 0.05) is 25.0 Å². The van der Waals surface area contributed by atoms with Gasteiger partial charge in [-0.3, -0.25) is 9.79 Å². The van der Waals surface area contributed by atoms with Crippen LogP contribution in [0.3, 0.4) is 0 Å². The molecule has 6 heteroatoms. The summed E-state index contributed by atoms with van der Waals surface area (Å²) in [6.45, 7) is 6.25. The van der Waals surface area contributed by atoms with Gasteiger partial charge in [0.05, 0.1) is 6.54 Å². The van der Waals surface area contributed by atoms with E-state index in [4.69, 9.17) is 0 Å². The fraction of sp³-hybridized carbons (Fsp3) is 0.579. The van der Waals surface area contributed by atoms with Crippen molar-refractivity contribution < 1.29 is 4.79 Å². The maximum absolute atomic E-state index is 11.6. The number of aryl methyl sites for hydroxylation is 1. The summed E-state index contributed by atoms with van der Waals surface area (Å²) in [5, 5.41) is 9.64. The molecule has 0 heterocycles. The number of amides is 1. The molecule has 0 spiro atoms. The van der Waals surface area contributed by atoms with Crippen molar-refractivity contribution in [3.8, 4) is 0 Å². The molecule has 0 aliphatic heterocycles. The summed E-state index contributed by atoms with van der Waals surface area (Å²) in [7, 11) is 0. The van der Waals surface area contributed by atoms with Gasteiger partial charge in [-0.05, 0) is 45.1 Å². The summed E-state index contributed by atoms with van der Waals surface area (Å²) in [6.07, 6.45) is 4.18. The number of rotatable bonds is 9. The van der Waals surface area contributed by atoms with Gasteiger partial charge >= 0.3 is 0 Å². The van der Waals surface area contributed by atoms with Crippen molar-refractivity contribution in [2.24, 2.45) is 10.9 Å². The van der Waals surface area contributed by atoms with E-state index in [9.17, 15) is 4.79 Å². The van der Waals surface area contributed by atoms with Crippen LogP contribution >= 0.6 is 24.0 Å². The Labute approximate surface area is 168 Å². The van der Waals surface area contributed by atoms with Crippen molar-refractivity contribution in [2.75, 3.05) is 19.6 Å². The highest BCUT2D eigenvalue weighted by atomic mass is 127. The van der Waals surface area contributed by atoms with Gasteiger partial charge in [-0.15, -0.1) is 24.0 Å². The van der Waals surface area contributed by atoms with Gasteiger partial charge in [0.15, 0.2) is 5.96 Å². The Bertz CT molecular complexity index is 531. The van der Waals surface area contributed by atoms with Gasteiger partial charge in [0.1, 0.15) is 0 Å². The summed E-state index contributed by atoms with van der Waals surface area (Å²) < 4.78 is 0. The second-order valence-electron chi connectivity index (χ2n) is 6.40. The predicted molar refractivity (Wildman–Crippen MR) is 114 cm³/mol. The Balaban J connectivity index is 0.00000312. The van der Waals surface area contributed by atoms with Crippen molar-refractivity contribution in [1.29, 1.82) is 0 Å². The summed E-state index contributed by atoms with van der Waals surface area (Å²) in [4.78, 5) is 16.1. The number of nitrogens with one attached hydrogen (secondary N) is 3. The third-order valence-electron chi connectivity index (χ3n) is 4.07. The first-order valence-corrected chi connectivity index (χ1v) is 9.05. The molecule has 140 valence electrons. The summed E-state index contributed by atoms with van der Waals surface area (Å²) in [5.41, 5.74) is 1.36. The van der Waals surface area contributed by atoms with Crippen molar-refractivity contribution >= 4 is 35.8 Å². The molecule has 25 heavy (non-hydrogen) atoms. The van der Waals surface area contributed by atoms with Crippen LogP contribution in [0.4, 0.5) is 0 Å². The van der Waals surface area contributed by atoms with E-state index in [1.807, 2.05) is 6.07 Å². The fourth-order valence-electron chi connectivity index (χ4n) is 2.49. The second kappa shape index (κ2) is 12.1. The van der Waals surface area contributed by atoms with Crippen molar-refractivity contribution in [2.45, 2.75) is 45.6 Å². The van der Waals surface area contributed by atoms with Crippen LogP contribution in [0.5, 0.6) is 0 Å². The van der Waals surface area contributed by atoms with E-state index in [2.05, 4.69) is 59.1 Å². The van der Waals surface area contributed by atoms with Crippen LogP contribution in [0.15, 0.2) is 35.3 Å². The Morgan fingerprint density at radius 3 is 2.60 bits per heavy atom. The van der Waals surface area contributed by atoms with E-state index in [1.54, 1.807) is 0 Å². The zero-order valence-electron chi connectivity index (χ0n) is 15.3. The second-order valence-corrected chi connectivity index (χ2v) is 6.40. The molecule has 0 saturated heterocycles. The van der Waals surface area contributed by atoms with E-state index in [0.29, 0.717) is 19.1 Å². The number of guanidine groups is 1. The van der Waals surface area contributed by atoms with Crippen LogP contribution in [-0.4, -0.2) is 37.5 Å². The SMILES string of the molecule is CCNC(=NCCNC(=O)C1CC1)NC(C)CCc1ccccc1.I. The topological polar surface area (TPSA) is 65.5 Å². The predicted octanol–water partition coefficient (Wildman–Crippen LogP) is 2.71. The fourth-order valence-corrected chi connectivity index (χ4v) is 2.49. The normalized spacial score (nSPS) is 15.0. The number of nitrogens with zero attached hydrogens (tertiary/aromatic N) is 1. The molecule has 2 rings (SSSR count). The molecule has 1 aromatic rings. The van der Waals surface area contributed by atoms with Gasteiger partial charge in [0.25, 0.3) is 0 Å². The van der Waals surface area contributed by atoms with E-state index in [0.717, 1.165) is 38.2 Å². The first kappa shape index (κ1) is 21.7. The Morgan fingerprint density at radius 1 is 1.24 bits per heavy atom. The van der Waals surface area contributed by atoms with Crippen molar-refractivity contribution in [3.63, 3.8) is 0 Å². The lowest BCUT2D eigenvalue weighted by Gasteiger charge is -2.18. The number of hydrogen-bond acceptors (Lipinski definition) is 2. The van der Waals surface area contributed by atoms with E-state index in [-0.39, 0.29) is 35.8 Å². The molecule has 1 aromatic carbocycles. The molecule has 1 atom stereocenters. The summed E-state index contributed by atoms with van der Waals surface area (Å²) >= 11 is 0. The molecule has 0 aromatic heterocycles. The first-order valence-electron chi connectivity index (χ1n) is 9.05. The van der Waals surface area contributed by atoms with Gasteiger partial charge in [-0.2, -0.15) is 0 Å². The number of benzene rings is 1. The molecule has 0 radical (unpaired) electrons. The van der Waals surface area contributed by atoms with E-state index < -0.39 is 0 Å². The average Bonchev–Trinajstić information content (AvgIpc) is 3.43. The minimum Gasteiger partial charge on any atom is -0.357 e. The number of aliphatic imine (C=N–C) groups is 1. The minimum atomic E-state index is 0. The monoisotopic (exact) mass is 458 g/mol. The molecule has 1 aliphatic carbocycles. The maximum Gasteiger partial charge on any atom is 0.223 e. The Morgan fingerprint density at radius 2 is 1.96 bits per heavy atom. The minimum absolute atomic E-state index is 0. The number of hydrogen-bond donors (Lipinski definition) is 3. The lowest BCUT2D eigenvalue weighted by Crippen LogP contribution is -2.42. The summed E-state index contributed by atoms with van der Waals surface area (Å²) in [6, 6.07) is 10.9. The quantitative estimate of drug-likeness (QED) is 0.231. The molecule has 0 bridgehead atoms. The van der Waals surface area contributed by atoms with Gasteiger partial charge in [-0.1, -0.05) is 30.3 Å². The van der Waals surface area contributed by atoms with Crippen LogP contribution in [0.2, 0.25) is 0 Å². The first-order chi connectivity index (χ1) is 11.7. The molecule has 1 fully saturated rings. The van der Waals surface area contributed by atoms with Crippen LogP contribution < -0.4 is 16.0 Å².